The molecule has 0 radical (unpaired) electrons. The van der Waals surface area contributed by atoms with E-state index in [1.165, 1.54) is 0 Å². The molecule has 0 bridgehead atoms. The van der Waals surface area contributed by atoms with Crippen molar-refractivity contribution in [3.63, 3.8) is 0 Å². The molecule has 0 aromatic heterocycles. The van der Waals surface area contributed by atoms with Crippen molar-refractivity contribution in [2.75, 3.05) is 14.1 Å². The van der Waals surface area contributed by atoms with E-state index >= 15 is 0 Å². The van der Waals surface area contributed by atoms with Gasteiger partial charge >= 0.3 is 0 Å². The number of β-lactam (4-membered cyclic amide) rings is 1. The van der Waals surface area contributed by atoms with Crippen molar-refractivity contribution in [1.29, 1.82) is 0 Å². The monoisotopic (exact) mass is 347 g/mol. The summed E-state index contributed by atoms with van der Waals surface area (Å²) < 4.78 is -0.329. The van der Waals surface area contributed by atoms with Crippen LogP contribution >= 0.6 is 11.8 Å². The third kappa shape index (κ3) is 2.71. The Morgan fingerprint density at radius 3 is 2.50 bits per heavy atom. The van der Waals surface area contributed by atoms with Gasteiger partial charge in [0.05, 0.1) is 6.04 Å². The Labute approximate surface area is 147 Å². The minimum Gasteiger partial charge on any atom is -0.550 e. The third-order valence-electron chi connectivity index (χ3n) is 5.03. The van der Waals surface area contributed by atoms with Gasteiger partial charge in [-0.05, 0) is 39.9 Å². The van der Waals surface area contributed by atoms with Crippen LogP contribution in [0.1, 0.15) is 19.4 Å². The lowest BCUT2D eigenvalue weighted by Gasteiger charge is -2.49. The summed E-state index contributed by atoms with van der Waals surface area (Å²) in [7, 11) is 3.78. The number of hydrogen-bond donors (Lipinski definition) is 0. The van der Waals surface area contributed by atoms with Gasteiger partial charge in [0.15, 0.2) is 0 Å². The molecule has 3 rings (SSSR count). The van der Waals surface area contributed by atoms with E-state index in [2.05, 4.69) is 0 Å². The van der Waals surface area contributed by atoms with Gasteiger partial charge in [-0.1, -0.05) is 30.3 Å². The van der Waals surface area contributed by atoms with E-state index in [1.54, 1.807) is 16.7 Å². The summed E-state index contributed by atoms with van der Waals surface area (Å²) in [5.41, 5.74) is 0.952. The number of fused-ring (bicyclic) bond motifs is 1. The van der Waals surface area contributed by atoms with Crippen molar-refractivity contribution >= 4 is 23.6 Å². The first kappa shape index (κ1) is 17.3. The molecule has 0 saturated carbocycles. The van der Waals surface area contributed by atoms with Crippen molar-refractivity contribution in [3.8, 4) is 0 Å². The quantitative estimate of drug-likeness (QED) is 0.730. The van der Waals surface area contributed by atoms with Crippen LogP contribution in [0.25, 0.3) is 0 Å². The number of benzene rings is 1. The fourth-order valence-electron chi connectivity index (χ4n) is 3.95. The number of likely N-dealkylation sites (N-methyl/N-ethyl adjacent to an activating group) is 1. The highest BCUT2D eigenvalue weighted by atomic mass is 32.2. The van der Waals surface area contributed by atoms with E-state index < -0.39 is 11.9 Å². The van der Waals surface area contributed by atoms with Gasteiger partial charge in [0, 0.05) is 16.6 Å². The Kier molecular flexibility index (Phi) is 4.38. The van der Waals surface area contributed by atoms with Gasteiger partial charge in [0.2, 0.25) is 5.91 Å². The Balaban J connectivity index is 1.90. The van der Waals surface area contributed by atoms with Crippen LogP contribution in [0, 0.1) is 5.92 Å². The van der Waals surface area contributed by atoms with Gasteiger partial charge in [0.1, 0.15) is 11.4 Å². The molecule has 0 aliphatic carbocycles. The molecule has 2 saturated heterocycles. The molecule has 6 heteroatoms. The standard InChI is InChI=1S/C18H24N2O3S/c1-18(2)14(20-15(21)13(19(3)4)16(20)24-18)12(17(22)23)10-11-8-6-5-7-9-11/h5-9,12-14,16H,10H2,1-4H3,(H,22,23)/p-1/t12?,13-,14+,16-/m1/s1. The highest BCUT2D eigenvalue weighted by molar-refractivity contribution is 8.01. The van der Waals surface area contributed by atoms with E-state index in [4.69, 9.17) is 0 Å². The lowest BCUT2D eigenvalue weighted by molar-refractivity contribution is -0.313. The fraction of sp³-hybridized carbons (Fsp3) is 0.556. The molecule has 5 nitrogen and oxygen atoms in total. The number of hydrogen-bond acceptors (Lipinski definition) is 5. The Hall–Kier alpha value is -1.53. The molecule has 2 heterocycles. The predicted octanol–water partition coefficient (Wildman–Crippen LogP) is 0.588. The number of aliphatic carboxylic acids is 1. The van der Waals surface area contributed by atoms with E-state index in [0.29, 0.717) is 6.42 Å². The first-order valence-electron chi connectivity index (χ1n) is 8.15. The van der Waals surface area contributed by atoms with Gasteiger partial charge in [-0.25, -0.2) is 0 Å². The van der Waals surface area contributed by atoms with Crippen LogP contribution in [0.2, 0.25) is 0 Å². The number of rotatable bonds is 5. The first-order valence-corrected chi connectivity index (χ1v) is 9.03. The maximum atomic E-state index is 12.6. The molecule has 24 heavy (non-hydrogen) atoms. The molecule has 130 valence electrons. The summed E-state index contributed by atoms with van der Waals surface area (Å²) in [6, 6.07) is 9.02. The largest absolute Gasteiger partial charge is 0.550 e. The average Bonchev–Trinajstić information content (AvgIpc) is 2.72. The molecule has 2 fully saturated rings. The summed E-state index contributed by atoms with van der Waals surface area (Å²) in [4.78, 5) is 28.2. The first-order chi connectivity index (χ1) is 11.2. The summed E-state index contributed by atoms with van der Waals surface area (Å²) in [5.74, 6) is -1.78. The second-order valence-electron chi connectivity index (χ2n) is 7.33. The van der Waals surface area contributed by atoms with E-state index in [1.807, 2.05) is 63.2 Å². The molecule has 0 N–H and O–H groups in total. The number of carbonyl (C=O) groups is 2. The molecule has 1 aromatic carbocycles. The molecular weight excluding hydrogens is 324 g/mol. The van der Waals surface area contributed by atoms with Gasteiger partial charge in [-0.3, -0.25) is 9.69 Å². The maximum absolute atomic E-state index is 12.6. The lowest BCUT2D eigenvalue weighted by atomic mass is 9.82. The molecule has 0 spiro atoms. The van der Waals surface area contributed by atoms with Crippen LogP contribution < -0.4 is 5.11 Å². The van der Waals surface area contributed by atoms with Crippen LogP contribution in [0.15, 0.2) is 30.3 Å². The highest BCUT2D eigenvalue weighted by Gasteiger charge is 2.63. The van der Waals surface area contributed by atoms with Crippen LogP contribution in [0.3, 0.4) is 0 Å². The smallest absolute Gasteiger partial charge is 0.244 e. The van der Waals surface area contributed by atoms with Crippen molar-refractivity contribution in [2.45, 2.75) is 42.5 Å². The normalized spacial score (nSPS) is 29.3. The molecule has 2 aliphatic heterocycles. The van der Waals surface area contributed by atoms with E-state index in [9.17, 15) is 14.7 Å². The molecular formula is C18H23N2O3S-. The van der Waals surface area contributed by atoms with Crippen molar-refractivity contribution in [3.05, 3.63) is 35.9 Å². The van der Waals surface area contributed by atoms with Crippen LogP contribution in [0.5, 0.6) is 0 Å². The Bertz CT molecular complexity index is 647. The molecule has 2 aliphatic rings. The molecule has 4 atom stereocenters. The predicted molar refractivity (Wildman–Crippen MR) is 92.2 cm³/mol. The number of carboxylic acids is 1. The van der Waals surface area contributed by atoms with Gasteiger partial charge in [0.25, 0.3) is 0 Å². The van der Waals surface area contributed by atoms with Gasteiger partial charge in [-0.15, -0.1) is 11.8 Å². The summed E-state index contributed by atoms with van der Waals surface area (Å²) >= 11 is 1.69. The average molecular weight is 347 g/mol. The van der Waals surface area contributed by atoms with Gasteiger partial charge in [-0.2, -0.15) is 0 Å². The maximum Gasteiger partial charge on any atom is 0.244 e. The Morgan fingerprint density at radius 2 is 1.96 bits per heavy atom. The number of carboxylic acid groups (broad SMARTS) is 1. The van der Waals surface area contributed by atoms with Crippen molar-refractivity contribution in [1.82, 2.24) is 9.80 Å². The van der Waals surface area contributed by atoms with Crippen LogP contribution in [-0.2, 0) is 16.0 Å². The summed E-state index contributed by atoms with van der Waals surface area (Å²) in [6.45, 7) is 4.06. The summed E-state index contributed by atoms with van der Waals surface area (Å²) in [5, 5.41) is 11.9. The zero-order chi connectivity index (χ0) is 17.6. The topological polar surface area (TPSA) is 63.7 Å². The minimum absolute atomic E-state index is 0.0186. The number of thioether (sulfide) groups is 1. The fourth-order valence-corrected chi connectivity index (χ4v) is 5.83. The third-order valence-corrected chi connectivity index (χ3v) is 6.60. The minimum atomic E-state index is -1.08. The van der Waals surface area contributed by atoms with E-state index in [0.717, 1.165) is 5.56 Å². The van der Waals surface area contributed by atoms with Crippen molar-refractivity contribution < 1.29 is 14.7 Å². The van der Waals surface area contributed by atoms with Crippen molar-refractivity contribution in [2.24, 2.45) is 5.92 Å². The van der Waals surface area contributed by atoms with E-state index in [-0.39, 0.29) is 28.1 Å². The second-order valence-corrected chi connectivity index (χ2v) is 9.10. The Morgan fingerprint density at radius 1 is 1.33 bits per heavy atom. The SMILES string of the molecule is CN(C)[C@@H]1C(=O)N2[C@@H]1SC(C)(C)[C@@H]2C(Cc1ccccc1)C(=O)[O-]. The highest BCUT2D eigenvalue weighted by Crippen LogP contribution is 2.54. The molecule has 1 amide bonds. The summed E-state index contributed by atoms with van der Waals surface area (Å²) in [6.07, 6.45) is 0.376. The zero-order valence-electron chi connectivity index (χ0n) is 14.4. The second kappa shape index (κ2) is 6.08. The van der Waals surface area contributed by atoms with Gasteiger partial charge < -0.3 is 14.8 Å². The van der Waals surface area contributed by atoms with Crippen LogP contribution in [-0.4, -0.2) is 58.0 Å². The zero-order valence-corrected chi connectivity index (χ0v) is 15.2. The molecule has 1 unspecified atom stereocenters. The lowest BCUT2D eigenvalue weighted by Crippen LogP contribution is -2.70. The number of amides is 1. The molecule has 1 aromatic rings. The van der Waals surface area contributed by atoms with Crippen LogP contribution in [0.4, 0.5) is 0 Å². The number of carbonyl (C=O) groups excluding carboxylic acids is 2. The number of nitrogens with zero attached hydrogens (tertiary/aromatic N) is 2.